The molecule has 0 unspecified atom stereocenters. The van der Waals surface area contributed by atoms with Gasteiger partial charge in [0, 0.05) is 41.4 Å². The number of carbonyl (C=O) groups is 1. The van der Waals surface area contributed by atoms with Gasteiger partial charge in [-0.2, -0.15) is 18.2 Å². The van der Waals surface area contributed by atoms with Crippen molar-refractivity contribution < 1.29 is 42.4 Å². The molecule has 0 bridgehead atoms. The maximum atomic E-state index is 14.4. The van der Waals surface area contributed by atoms with Gasteiger partial charge in [0.05, 0.1) is 30.5 Å². The average molecular weight is 755 g/mol. The van der Waals surface area contributed by atoms with Crippen molar-refractivity contribution in [2.75, 3.05) is 14.2 Å². The molecule has 0 spiro atoms. The first kappa shape index (κ1) is 38.3. The molecular formula is C39H42ClF3N4O6. The number of alkyl halides is 3. The molecule has 0 radical (unpaired) electrons. The first-order valence-corrected chi connectivity index (χ1v) is 17.8. The second kappa shape index (κ2) is 15.5. The largest absolute Gasteiger partial charge is 0.481 e. The third-order valence-electron chi connectivity index (χ3n) is 9.89. The number of aromatic nitrogens is 2. The van der Waals surface area contributed by atoms with Crippen LogP contribution in [0.3, 0.4) is 0 Å². The van der Waals surface area contributed by atoms with Crippen molar-refractivity contribution >= 4 is 17.6 Å². The Morgan fingerprint density at radius 1 is 0.981 bits per heavy atom. The van der Waals surface area contributed by atoms with Gasteiger partial charge >= 0.3 is 12.1 Å². The van der Waals surface area contributed by atoms with Crippen molar-refractivity contribution in [3.05, 3.63) is 87.4 Å². The fraction of sp³-hybridized carbons (Fsp3) is 0.410. The van der Waals surface area contributed by atoms with Crippen LogP contribution in [0, 0.1) is 0 Å². The summed E-state index contributed by atoms with van der Waals surface area (Å²) in [7, 11) is 2.85. The summed E-state index contributed by atoms with van der Waals surface area (Å²) in [6.45, 7) is 3.82. The van der Waals surface area contributed by atoms with E-state index in [1.54, 1.807) is 14.0 Å². The third-order valence-corrected chi connectivity index (χ3v) is 10.3. The molecule has 2 heterocycles. The smallest absolute Gasteiger partial charge is 0.421 e. The summed E-state index contributed by atoms with van der Waals surface area (Å²) in [5, 5.41) is 26.1. The number of pyridine rings is 2. The van der Waals surface area contributed by atoms with Gasteiger partial charge in [0.1, 0.15) is 17.7 Å². The number of hydrogen-bond donors (Lipinski definition) is 4. The highest BCUT2D eigenvalue weighted by molar-refractivity contribution is 6.36. The highest BCUT2D eigenvalue weighted by atomic mass is 35.5. The predicted molar refractivity (Wildman–Crippen MR) is 193 cm³/mol. The maximum absolute atomic E-state index is 14.4. The lowest BCUT2D eigenvalue weighted by Crippen LogP contribution is -2.51. The van der Waals surface area contributed by atoms with Crippen molar-refractivity contribution in [2.24, 2.45) is 0 Å². The number of ether oxygens (including phenoxy) is 3. The van der Waals surface area contributed by atoms with Crippen LogP contribution in [-0.4, -0.2) is 58.1 Å². The number of methoxy groups -OCH3 is 2. The van der Waals surface area contributed by atoms with E-state index in [1.165, 1.54) is 7.11 Å². The minimum absolute atomic E-state index is 0.0535. The van der Waals surface area contributed by atoms with Crippen LogP contribution in [0.1, 0.15) is 73.5 Å². The number of carboxylic acids is 1. The van der Waals surface area contributed by atoms with E-state index < -0.39 is 41.3 Å². The minimum Gasteiger partial charge on any atom is -0.481 e. The Balaban J connectivity index is 1.26. The second-order valence-corrected chi connectivity index (χ2v) is 14.1. The highest BCUT2D eigenvalue weighted by Gasteiger charge is 2.39. The van der Waals surface area contributed by atoms with Crippen LogP contribution in [0.2, 0.25) is 5.02 Å². The minimum atomic E-state index is -4.80. The van der Waals surface area contributed by atoms with Crippen LogP contribution in [0.15, 0.2) is 54.6 Å². The van der Waals surface area contributed by atoms with Crippen molar-refractivity contribution in [2.45, 2.75) is 89.0 Å². The molecule has 14 heteroatoms. The molecule has 53 heavy (non-hydrogen) atoms. The Bertz CT molecular complexity index is 1980. The normalized spacial score (nSPS) is 20.0. The quantitative estimate of drug-likeness (QED) is 0.102. The molecule has 1 fully saturated rings. The molecule has 2 aliphatic carbocycles. The summed E-state index contributed by atoms with van der Waals surface area (Å²) in [6.07, 6.45) is -3.01. The van der Waals surface area contributed by atoms with Crippen molar-refractivity contribution in [1.29, 1.82) is 0 Å². The number of aliphatic hydroxyl groups is 1. The number of nitrogens with one attached hydrogen (secondary N) is 2. The van der Waals surface area contributed by atoms with Gasteiger partial charge in [-0.3, -0.25) is 4.79 Å². The van der Waals surface area contributed by atoms with E-state index in [4.69, 9.17) is 30.8 Å². The van der Waals surface area contributed by atoms with E-state index in [0.717, 1.165) is 33.9 Å². The summed E-state index contributed by atoms with van der Waals surface area (Å²) < 4.78 is 60.2. The molecule has 2 aromatic carbocycles. The van der Waals surface area contributed by atoms with Gasteiger partial charge in [-0.05, 0) is 67.9 Å². The Kier molecular flexibility index (Phi) is 11.2. The number of halogens is 4. The van der Waals surface area contributed by atoms with Crippen LogP contribution in [0.4, 0.5) is 13.2 Å². The van der Waals surface area contributed by atoms with Crippen LogP contribution in [0.5, 0.6) is 17.6 Å². The summed E-state index contributed by atoms with van der Waals surface area (Å²) in [6, 6.07) is 15.2. The zero-order chi connectivity index (χ0) is 38.1. The molecule has 0 amide bonds. The number of aliphatic carboxylic acids is 1. The topological polar surface area (TPSA) is 135 Å². The molecule has 282 valence electrons. The van der Waals surface area contributed by atoms with E-state index in [-0.39, 0.29) is 30.5 Å². The number of nitrogens with zero attached hydrogens (tertiary/aromatic N) is 2. The number of carboxylic acid groups (broad SMARTS) is 1. The fourth-order valence-corrected chi connectivity index (χ4v) is 7.48. The Morgan fingerprint density at radius 3 is 2.32 bits per heavy atom. The molecule has 0 aliphatic heterocycles. The number of hydrogen-bond acceptors (Lipinski definition) is 9. The lowest BCUT2D eigenvalue weighted by molar-refractivity contribution is -0.140. The molecule has 4 aromatic rings. The Labute approximate surface area is 310 Å². The number of fused-ring (bicyclic) bond motifs is 1. The molecule has 10 nitrogen and oxygen atoms in total. The van der Waals surface area contributed by atoms with Gasteiger partial charge in [0.25, 0.3) is 0 Å². The van der Waals surface area contributed by atoms with Gasteiger partial charge in [-0.25, -0.2) is 4.98 Å². The van der Waals surface area contributed by atoms with Crippen LogP contribution >= 0.6 is 11.6 Å². The number of benzene rings is 2. The van der Waals surface area contributed by atoms with Crippen LogP contribution in [0.25, 0.3) is 22.4 Å². The molecule has 1 saturated carbocycles. The third kappa shape index (κ3) is 8.23. The van der Waals surface area contributed by atoms with Gasteiger partial charge < -0.3 is 35.1 Å². The van der Waals surface area contributed by atoms with E-state index in [2.05, 4.69) is 15.6 Å². The first-order valence-electron chi connectivity index (χ1n) is 17.4. The molecule has 2 aliphatic rings. The van der Waals surface area contributed by atoms with E-state index in [1.807, 2.05) is 55.5 Å². The average Bonchev–Trinajstić information content (AvgIpc) is 3.52. The van der Waals surface area contributed by atoms with E-state index in [0.29, 0.717) is 54.4 Å². The zero-order valence-electron chi connectivity index (χ0n) is 29.8. The highest BCUT2D eigenvalue weighted by Crippen LogP contribution is 2.46. The standard InChI is InChI=1S/C39H42ClF3N4O6/c1-5-30(37(48)49)45-20-22-16-29(39(41,42)43)36(47-35(22)52-4)53-32-15-13-25-24(8-6-9-26(25)32)27-10-7-11-28(33(27)40)31-14-12-21(34(46-31)51-3)19-44-23-17-38(2,50)18-23/h6-12,14,16,23,30,32,44-45,50H,5,13,15,17-20H2,1-4H3,(H,48,49)/t23?,30-,32-,38?/m0/s1. The summed E-state index contributed by atoms with van der Waals surface area (Å²) in [5.41, 5.74) is 3.71. The van der Waals surface area contributed by atoms with E-state index >= 15 is 0 Å². The molecule has 2 atom stereocenters. The molecule has 0 saturated heterocycles. The molecule has 6 rings (SSSR count). The molecule has 2 aromatic heterocycles. The van der Waals surface area contributed by atoms with Crippen molar-refractivity contribution in [1.82, 2.24) is 20.6 Å². The van der Waals surface area contributed by atoms with Crippen LogP contribution < -0.4 is 24.8 Å². The van der Waals surface area contributed by atoms with Crippen LogP contribution in [-0.2, 0) is 30.5 Å². The SMILES string of the molecule is CC[C@H](NCc1cc(C(F)(F)F)c(O[C@H]2CCc3c(-c4cccc(-c5ccc(CNC6CC(C)(O)C6)c(OC)n5)c4Cl)cccc32)nc1OC)C(=O)O. The maximum Gasteiger partial charge on any atom is 0.421 e. The molecular weight excluding hydrogens is 713 g/mol. The lowest BCUT2D eigenvalue weighted by atomic mass is 9.77. The molecule has 4 N–H and O–H groups in total. The Morgan fingerprint density at radius 2 is 1.66 bits per heavy atom. The monoisotopic (exact) mass is 754 g/mol. The summed E-state index contributed by atoms with van der Waals surface area (Å²) in [4.78, 5) is 20.4. The van der Waals surface area contributed by atoms with Crippen molar-refractivity contribution in [3.8, 4) is 40.0 Å². The number of rotatable bonds is 14. The second-order valence-electron chi connectivity index (χ2n) is 13.7. The Hall–Kier alpha value is -4.43. The lowest BCUT2D eigenvalue weighted by Gasteiger charge is -2.41. The summed E-state index contributed by atoms with van der Waals surface area (Å²) >= 11 is 7.09. The van der Waals surface area contributed by atoms with Gasteiger partial charge in [-0.1, -0.05) is 61.0 Å². The first-order chi connectivity index (χ1) is 25.2. The van der Waals surface area contributed by atoms with Crippen molar-refractivity contribution in [3.63, 3.8) is 0 Å². The zero-order valence-corrected chi connectivity index (χ0v) is 30.6. The fourth-order valence-electron chi connectivity index (χ4n) is 7.15. The van der Waals surface area contributed by atoms with E-state index in [9.17, 15) is 28.2 Å². The van der Waals surface area contributed by atoms with Gasteiger partial charge in [0.15, 0.2) is 0 Å². The van der Waals surface area contributed by atoms with Gasteiger partial charge in [0.2, 0.25) is 17.6 Å². The van der Waals surface area contributed by atoms with Gasteiger partial charge in [-0.15, -0.1) is 0 Å². The predicted octanol–water partition coefficient (Wildman–Crippen LogP) is 7.52. The summed E-state index contributed by atoms with van der Waals surface area (Å²) in [5.74, 6) is -1.37.